The van der Waals surface area contributed by atoms with Crippen molar-refractivity contribution in [2.75, 3.05) is 0 Å². The molecule has 1 heterocycles. The number of nitrogens with zero attached hydrogens (tertiary/aromatic N) is 1. The molecule has 0 amide bonds. The molecule has 2 nitrogen and oxygen atoms in total. The summed E-state index contributed by atoms with van der Waals surface area (Å²) < 4.78 is 37.0. The molecule has 0 aromatic carbocycles. The van der Waals surface area contributed by atoms with E-state index >= 15 is 0 Å². The minimum Gasteiger partial charge on any atom is -0.388 e. The van der Waals surface area contributed by atoms with Crippen LogP contribution < -0.4 is 0 Å². The van der Waals surface area contributed by atoms with Crippen molar-refractivity contribution in [1.29, 1.82) is 0 Å². The van der Waals surface area contributed by atoms with E-state index in [-0.39, 0.29) is 16.6 Å². The molecule has 17 heavy (non-hydrogen) atoms. The third kappa shape index (κ3) is 3.33. The molecule has 1 rings (SSSR count). The Kier molecular flexibility index (Phi) is 4.38. The van der Waals surface area contributed by atoms with Gasteiger partial charge in [0.15, 0.2) is 0 Å². The topological polar surface area (TPSA) is 33.1 Å². The van der Waals surface area contributed by atoms with E-state index in [1.165, 1.54) is 6.07 Å². The van der Waals surface area contributed by atoms with Crippen molar-refractivity contribution in [2.24, 2.45) is 5.92 Å². The number of aliphatic hydroxyl groups excluding tert-OH is 1. The molecule has 0 fully saturated rings. The highest BCUT2D eigenvalue weighted by Gasteiger charge is 2.33. The van der Waals surface area contributed by atoms with Crippen molar-refractivity contribution in [1.82, 2.24) is 4.98 Å². The maximum atomic E-state index is 12.3. The summed E-state index contributed by atoms with van der Waals surface area (Å²) >= 11 is 5.66. The number of rotatable bonds is 3. The van der Waals surface area contributed by atoms with Gasteiger partial charge in [-0.3, -0.25) is 0 Å². The van der Waals surface area contributed by atoms with E-state index < -0.39 is 18.0 Å². The fourth-order valence-corrected chi connectivity index (χ4v) is 1.62. The first kappa shape index (κ1) is 14.3. The Morgan fingerprint density at radius 3 is 2.41 bits per heavy atom. The van der Waals surface area contributed by atoms with Gasteiger partial charge in [-0.05, 0) is 12.0 Å². The predicted octanol–water partition coefficient (Wildman–Crippen LogP) is 3.83. The first-order valence-electron chi connectivity index (χ1n) is 5.19. The molecule has 2 atom stereocenters. The molecule has 0 aliphatic carbocycles. The molecule has 2 unspecified atom stereocenters. The monoisotopic (exact) mass is 267 g/mol. The van der Waals surface area contributed by atoms with Gasteiger partial charge >= 0.3 is 6.18 Å². The van der Waals surface area contributed by atoms with E-state index in [2.05, 4.69) is 4.98 Å². The van der Waals surface area contributed by atoms with Crippen LogP contribution in [0.25, 0.3) is 0 Å². The molecular formula is C11H13ClF3NO. The molecule has 1 N–H and O–H groups in total. The fourth-order valence-electron chi connectivity index (χ4n) is 1.35. The molecular weight excluding hydrogens is 255 g/mol. The van der Waals surface area contributed by atoms with Crippen molar-refractivity contribution in [3.63, 3.8) is 0 Å². The van der Waals surface area contributed by atoms with E-state index in [0.717, 1.165) is 6.07 Å². The lowest BCUT2D eigenvalue weighted by Gasteiger charge is -2.18. The summed E-state index contributed by atoms with van der Waals surface area (Å²) in [5.74, 6) is -0.0916. The maximum absolute atomic E-state index is 12.3. The number of aromatic nitrogens is 1. The number of hydrogen-bond acceptors (Lipinski definition) is 2. The lowest BCUT2D eigenvalue weighted by atomic mass is 9.96. The zero-order valence-corrected chi connectivity index (χ0v) is 10.2. The van der Waals surface area contributed by atoms with Crippen LogP contribution in [0.5, 0.6) is 0 Å². The van der Waals surface area contributed by atoms with Gasteiger partial charge < -0.3 is 5.11 Å². The lowest BCUT2D eigenvalue weighted by molar-refractivity contribution is -0.141. The molecule has 0 aliphatic rings. The average molecular weight is 268 g/mol. The highest BCUT2D eigenvalue weighted by molar-refractivity contribution is 6.30. The molecule has 1 aromatic heterocycles. The Labute approximate surface area is 102 Å². The second-order valence-electron chi connectivity index (χ2n) is 3.90. The standard InChI is InChI=1S/C11H13ClF3NO/c1-3-6(2)9(17)7-4-5-8(11(13,14)15)16-10(7)12/h4-6,9,17H,3H2,1-2H3. The number of halogens is 4. The molecule has 1 aromatic rings. The second kappa shape index (κ2) is 5.23. The third-order valence-corrected chi connectivity index (χ3v) is 2.97. The van der Waals surface area contributed by atoms with Crippen molar-refractivity contribution in [3.8, 4) is 0 Å². The van der Waals surface area contributed by atoms with Crippen LogP contribution in [0.4, 0.5) is 13.2 Å². The van der Waals surface area contributed by atoms with Crippen LogP contribution in [0.15, 0.2) is 12.1 Å². The predicted molar refractivity (Wildman–Crippen MR) is 58.7 cm³/mol. The molecule has 0 aliphatic heterocycles. The smallest absolute Gasteiger partial charge is 0.388 e. The average Bonchev–Trinajstić information content (AvgIpc) is 2.25. The second-order valence-corrected chi connectivity index (χ2v) is 4.26. The van der Waals surface area contributed by atoms with Crippen LogP contribution in [-0.2, 0) is 6.18 Å². The highest BCUT2D eigenvalue weighted by Crippen LogP contribution is 2.33. The Morgan fingerprint density at radius 1 is 1.41 bits per heavy atom. The summed E-state index contributed by atoms with van der Waals surface area (Å²) in [5, 5.41) is 9.56. The Balaban J connectivity index is 3.06. The lowest BCUT2D eigenvalue weighted by Crippen LogP contribution is -2.12. The third-order valence-electron chi connectivity index (χ3n) is 2.67. The van der Waals surface area contributed by atoms with Gasteiger partial charge in [-0.15, -0.1) is 0 Å². The van der Waals surface area contributed by atoms with Crippen molar-refractivity contribution in [3.05, 3.63) is 28.5 Å². The van der Waals surface area contributed by atoms with Crippen LogP contribution in [0.1, 0.15) is 37.6 Å². The van der Waals surface area contributed by atoms with E-state index in [0.29, 0.717) is 6.42 Å². The molecule has 0 saturated carbocycles. The van der Waals surface area contributed by atoms with Gasteiger partial charge in [-0.1, -0.05) is 37.9 Å². The van der Waals surface area contributed by atoms with Crippen LogP contribution >= 0.6 is 11.6 Å². The summed E-state index contributed by atoms with van der Waals surface area (Å²) in [5.41, 5.74) is -0.823. The molecule has 96 valence electrons. The Morgan fingerprint density at radius 2 is 2.00 bits per heavy atom. The van der Waals surface area contributed by atoms with Gasteiger partial charge in [-0.2, -0.15) is 13.2 Å². The number of aliphatic hydroxyl groups is 1. The van der Waals surface area contributed by atoms with Crippen LogP contribution in [-0.4, -0.2) is 10.1 Å². The van der Waals surface area contributed by atoms with Gasteiger partial charge in [0, 0.05) is 5.56 Å². The normalized spacial score (nSPS) is 15.7. The first-order chi connectivity index (χ1) is 7.77. The van der Waals surface area contributed by atoms with Crippen molar-refractivity contribution < 1.29 is 18.3 Å². The molecule has 0 radical (unpaired) electrons. The quantitative estimate of drug-likeness (QED) is 0.844. The molecule has 0 saturated heterocycles. The van der Waals surface area contributed by atoms with Crippen molar-refractivity contribution >= 4 is 11.6 Å². The zero-order valence-electron chi connectivity index (χ0n) is 9.42. The zero-order chi connectivity index (χ0) is 13.2. The Hall–Kier alpha value is -0.810. The van der Waals surface area contributed by atoms with E-state index in [1.807, 2.05) is 6.92 Å². The van der Waals surface area contributed by atoms with Gasteiger partial charge in [0.25, 0.3) is 0 Å². The van der Waals surface area contributed by atoms with Gasteiger partial charge in [-0.25, -0.2) is 4.98 Å². The fraction of sp³-hybridized carbons (Fsp3) is 0.545. The summed E-state index contributed by atoms with van der Waals surface area (Å²) in [7, 11) is 0. The van der Waals surface area contributed by atoms with Gasteiger partial charge in [0.05, 0.1) is 6.10 Å². The number of alkyl halides is 3. The van der Waals surface area contributed by atoms with Crippen LogP contribution in [0, 0.1) is 5.92 Å². The molecule has 0 bridgehead atoms. The summed E-state index contributed by atoms with van der Waals surface area (Å²) in [4.78, 5) is 3.26. The summed E-state index contributed by atoms with van der Waals surface area (Å²) in [6.07, 6.45) is -4.73. The van der Waals surface area contributed by atoms with Gasteiger partial charge in [0.1, 0.15) is 10.8 Å². The minimum atomic E-state index is -4.52. The van der Waals surface area contributed by atoms with Crippen LogP contribution in [0.2, 0.25) is 5.15 Å². The highest BCUT2D eigenvalue weighted by atomic mass is 35.5. The molecule has 0 spiro atoms. The van der Waals surface area contributed by atoms with Gasteiger partial charge in [0.2, 0.25) is 0 Å². The first-order valence-corrected chi connectivity index (χ1v) is 5.56. The van der Waals surface area contributed by atoms with E-state index in [9.17, 15) is 18.3 Å². The van der Waals surface area contributed by atoms with Crippen molar-refractivity contribution in [2.45, 2.75) is 32.5 Å². The Bertz CT molecular complexity index is 395. The number of pyridine rings is 1. The van der Waals surface area contributed by atoms with E-state index in [4.69, 9.17) is 11.6 Å². The summed E-state index contributed by atoms with van der Waals surface area (Å²) in [6.45, 7) is 3.66. The maximum Gasteiger partial charge on any atom is 0.433 e. The summed E-state index contributed by atoms with van der Waals surface area (Å²) in [6, 6.07) is 2.00. The minimum absolute atomic E-state index is 0.0916. The van der Waals surface area contributed by atoms with E-state index in [1.54, 1.807) is 6.92 Å². The molecule has 6 heteroatoms. The SMILES string of the molecule is CCC(C)C(O)c1ccc(C(F)(F)F)nc1Cl. The van der Waals surface area contributed by atoms with Crippen LogP contribution in [0.3, 0.4) is 0 Å². The number of hydrogen-bond donors (Lipinski definition) is 1. The largest absolute Gasteiger partial charge is 0.433 e.